The van der Waals surface area contributed by atoms with Crippen LogP contribution in [0.4, 0.5) is 0 Å². The van der Waals surface area contributed by atoms with E-state index in [1.807, 2.05) is 0 Å². The van der Waals surface area contributed by atoms with Gasteiger partial charge in [-0.3, -0.25) is 9.59 Å². The third-order valence-corrected chi connectivity index (χ3v) is 6.65. The van der Waals surface area contributed by atoms with Gasteiger partial charge in [0.1, 0.15) is 11.5 Å². The summed E-state index contributed by atoms with van der Waals surface area (Å²) in [5.74, 6) is -0.0207. The zero-order valence-corrected chi connectivity index (χ0v) is 22.4. The first-order valence-electron chi connectivity index (χ1n) is 12.3. The number of ether oxygens (including phenoxy) is 4. The van der Waals surface area contributed by atoms with Crippen LogP contribution in [0, 0.1) is 0 Å². The molecule has 9 heteroatoms. The predicted octanol–water partition coefficient (Wildman–Crippen LogP) is 3.87. The highest BCUT2D eigenvalue weighted by atomic mass is 16.5. The van der Waals surface area contributed by atoms with Gasteiger partial charge in [-0.1, -0.05) is 26.0 Å². The summed E-state index contributed by atoms with van der Waals surface area (Å²) in [5.41, 5.74) is 0.925. The van der Waals surface area contributed by atoms with Crippen LogP contribution in [0.15, 0.2) is 42.0 Å². The van der Waals surface area contributed by atoms with Gasteiger partial charge in [-0.15, -0.1) is 0 Å². The van der Waals surface area contributed by atoms with Crippen LogP contribution in [0.25, 0.3) is 5.76 Å². The molecule has 0 spiro atoms. The summed E-state index contributed by atoms with van der Waals surface area (Å²) in [7, 11) is 6.02. The molecule has 1 saturated heterocycles. The average molecular weight is 513 g/mol. The van der Waals surface area contributed by atoms with Gasteiger partial charge in [0, 0.05) is 12.1 Å². The fourth-order valence-corrected chi connectivity index (χ4v) is 4.65. The normalized spacial score (nSPS) is 16.8. The van der Waals surface area contributed by atoms with Crippen LogP contribution in [-0.2, 0) is 9.59 Å². The zero-order chi connectivity index (χ0) is 27.1. The second-order valence-electron chi connectivity index (χ2n) is 8.56. The molecule has 1 amide bonds. The number of likely N-dealkylation sites (tertiary alicyclic amines) is 1. The van der Waals surface area contributed by atoms with Gasteiger partial charge in [0.2, 0.25) is 5.75 Å². The maximum atomic E-state index is 13.4. The topological polar surface area (TPSA) is 97.8 Å². The lowest BCUT2D eigenvalue weighted by Gasteiger charge is -2.27. The standard InChI is InChI=1S/C28H36N2O7/c1-7-29(8-2)13-10-14-30-24(19-16-21(35-4)27(37-6)22(17-19)36-5)23(26(32)28(30)33)25(31)18-11-9-12-20(15-18)34-3/h9,11-12,15-17,24,31H,7-8,10,13-14H2,1-6H3/b25-23+/t24-/m0/s1. The van der Waals surface area contributed by atoms with Gasteiger partial charge in [0.15, 0.2) is 11.5 Å². The van der Waals surface area contributed by atoms with Gasteiger partial charge >= 0.3 is 0 Å². The number of carbonyl (C=O) groups is 2. The number of carbonyl (C=O) groups excluding carboxylic acids is 2. The van der Waals surface area contributed by atoms with E-state index in [9.17, 15) is 14.7 Å². The molecule has 1 N–H and O–H groups in total. The van der Waals surface area contributed by atoms with Gasteiger partial charge in [0.05, 0.1) is 40.1 Å². The monoisotopic (exact) mass is 512 g/mol. The number of hydrogen-bond acceptors (Lipinski definition) is 8. The molecule has 2 aromatic rings. The van der Waals surface area contributed by atoms with Crippen molar-refractivity contribution in [1.82, 2.24) is 9.80 Å². The largest absolute Gasteiger partial charge is 0.507 e. The van der Waals surface area contributed by atoms with Crippen LogP contribution in [0.2, 0.25) is 0 Å². The number of amides is 1. The molecule has 0 saturated carbocycles. The highest BCUT2D eigenvalue weighted by Crippen LogP contribution is 2.45. The highest BCUT2D eigenvalue weighted by molar-refractivity contribution is 6.46. The van der Waals surface area contributed by atoms with Crippen LogP contribution in [0.3, 0.4) is 0 Å². The molecule has 9 nitrogen and oxygen atoms in total. The number of aliphatic hydroxyl groups is 1. The molecule has 37 heavy (non-hydrogen) atoms. The number of Topliss-reactive ketones (excluding diaryl/α,β-unsaturated/α-hetero) is 1. The van der Waals surface area contributed by atoms with Crippen molar-refractivity contribution < 1.29 is 33.6 Å². The predicted molar refractivity (Wildman–Crippen MR) is 141 cm³/mol. The van der Waals surface area contributed by atoms with Crippen molar-refractivity contribution in [3.8, 4) is 23.0 Å². The summed E-state index contributed by atoms with van der Waals surface area (Å²) in [6.45, 7) is 7.05. The number of nitrogens with zero attached hydrogens (tertiary/aromatic N) is 2. The summed E-state index contributed by atoms with van der Waals surface area (Å²) in [5, 5.41) is 11.4. The van der Waals surface area contributed by atoms with Crippen LogP contribution in [0.5, 0.6) is 23.0 Å². The van der Waals surface area contributed by atoms with Crippen LogP contribution in [-0.4, -0.2) is 81.2 Å². The second-order valence-corrected chi connectivity index (χ2v) is 8.56. The highest BCUT2D eigenvalue weighted by Gasteiger charge is 2.46. The van der Waals surface area contributed by atoms with E-state index in [4.69, 9.17) is 18.9 Å². The zero-order valence-electron chi connectivity index (χ0n) is 22.4. The third-order valence-electron chi connectivity index (χ3n) is 6.65. The van der Waals surface area contributed by atoms with Crippen LogP contribution in [0.1, 0.15) is 37.4 Å². The molecule has 0 bridgehead atoms. The first kappa shape index (κ1) is 27.9. The number of ketones is 1. The van der Waals surface area contributed by atoms with Crippen molar-refractivity contribution in [3.05, 3.63) is 53.1 Å². The fourth-order valence-electron chi connectivity index (χ4n) is 4.65. The third kappa shape index (κ3) is 5.67. The van der Waals surface area contributed by atoms with E-state index in [0.717, 1.165) is 19.6 Å². The Balaban J connectivity index is 2.18. The molecule has 1 fully saturated rings. The Hall–Kier alpha value is -3.72. The molecule has 0 radical (unpaired) electrons. The van der Waals surface area contributed by atoms with E-state index in [2.05, 4.69) is 18.7 Å². The minimum absolute atomic E-state index is 0.00429. The van der Waals surface area contributed by atoms with E-state index < -0.39 is 17.7 Å². The maximum absolute atomic E-state index is 13.4. The Kier molecular flexibility index (Phi) is 9.41. The molecule has 1 heterocycles. The van der Waals surface area contributed by atoms with Crippen molar-refractivity contribution in [2.24, 2.45) is 0 Å². The lowest BCUT2D eigenvalue weighted by atomic mass is 9.94. The molecular weight excluding hydrogens is 476 g/mol. The van der Waals surface area contributed by atoms with Crippen LogP contribution < -0.4 is 18.9 Å². The lowest BCUT2D eigenvalue weighted by molar-refractivity contribution is -0.140. The summed E-state index contributed by atoms with van der Waals surface area (Å²) in [4.78, 5) is 30.4. The van der Waals surface area contributed by atoms with Crippen molar-refractivity contribution in [1.29, 1.82) is 0 Å². The maximum Gasteiger partial charge on any atom is 0.295 e. The van der Waals surface area contributed by atoms with Crippen molar-refractivity contribution >= 4 is 17.4 Å². The Bertz CT molecular complexity index is 1130. The first-order valence-corrected chi connectivity index (χ1v) is 12.3. The average Bonchev–Trinajstić information content (AvgIpc) is 3.18. The van der Waals surface area contributed by atoms with Gasteiger partial charge in [0.25, 0.3) is 11.7 Å². The van der Waals surface area contributed by atoms with E-state index in [1.165, 1.54) is 33.3 Å². The molecular formula is C28H36N2O7. The van der Waals surface area contributed by atoms with Crippen molar-refractivity contribution in [3.63, 3.8) is 0 Å². The van der Waals surface area contributed by atoms with Crippen molar-refractivity contribution in [2.45, 2.75) is 26.3 Å². The Labute approximate surface area is 218 Å². The van der Waals surface area contributed by atoms with E-state index in [1.54, 1.807) is 36.4 Å². The molecule has 1 aliphatic rings. The fraction of sp³-hybridized carbons (Fsp3) is 0.429. The number of hydrogen-bond donors (Lipinski definition) is 1. The molecule has 0 aliphatic carbocycles. The Morgan fingerprint density at radius 2 is 1.59 bits per heavy atom. The Morgan fingerprint density at radius 1 is 0.946 bits per heavy atom. The van der Waals surface area contributed by atoms with Crippen LogP contribution >= 0.6 is 0 Å². The molecule has 3 rings (SSSR count). The second kappa shape index (κ2) is 12.5. The molecule has 2 aromatic carbocycles. The minimum atomic E-state index is -0.850. The molecule has 1 aliphatic heterocycles. The summed E-state index contributed by atoms with van der Waals surface area (Å²) >= 11 is 0. The number of benzene rings is 2. The van der Waals surface area contributed by atoms with E-state index >= 15 is 0 Å². The first-order chi connectivity index (χ1) is 17.8. The summed E-state index contributed by atoms with van der Waals surface area (Å²) < 4.78 is 21.8. The van der Waals surface area contributed by atoms with Gasteiger partial charge in [-0.25, -0.2) is 0 Å². The molecule has 200 valence electrons. The smallest absolute Gasteiger partial charge is 0.295 e. The van der Waals surface area contributed by atoms with Crippen molar-refractivity contribution in [2.75, 3.05) is 54.6 Å². The number of aliphatic hydroxyl groups excluding tert-OH is 1. The summed E-state index contributed by atoms with van der Waals surface area (Å²) in [6, 6.07) is 9.29. The number of rotatable bonds is 12. The van der Waals surface area contributed by atoms with Gasteiger partial charge in [-0.05, 0) is 55.9 Å². The Morgan fingerprint density at radius 3 is 2.14 bits per heavy atom. The minimum Gasteiger partial charge on any atom is -0.507 e. The van der Waals surface area contributed by atoms with Gasteiger partial charge in [-0.2, -0.15) is 0 Å². The number of methoxy groups -OCH3 is 4. The van der Waals surface area contributed by atoms with E-state index in [-0.39, 0.29) is 11.3 Å². The lowest BCUT2D eigenvalue weighted by Crippen LogP contribution is -2.33. The summed E-state index contributed by atoms with van der Waals surface area (Å²) in [6.07, 6.45) is 0.662. The molecule has 1 atom stereocenters. The molecule has 0 unspecified atom stereocenters. The quantitative estimate of drug-likeness (QED) is 0.260. The van der Waals surface area contributed by atoms with Gasteiger partial charge < -0.3 is 33.9 Å². The van der Waals surface area contributed by atoms with E-state index in [0.29, 0.717) is 47.1 Å². The molecule has 0 aromatic heterocycles. The SMILES string of the molecule is CCN(CC)CCCN1C(=O)C(=O)/C(=C(/O)c2cccc(OC)c2)[C@@H]1c1cc(OC)c(OC)c(OC)c1.